The van der Waals surface area contributed by atoms with Gasteiger partial charge in [0.15, 0.2) is 0 Å². The molecule has 4 rings (SSSR count). The largest absolute Gasteiger partial charge is 4.00 e. The number of phenols is 2. The number of hydrogen-bond donors (Lipinski definition) is 2. The molecule has 0 spiro atoms. The Hall–Kier alpha value is -2.27. The zero-order chi connectivity index (χ0) is 19.6. The Morgan fingerprint density at radius 3 is 1.55 bits per heavy atom. The topological polar surface area (TPSA) is 79.1 Å². The Morgan fingerprint density at radius 2 is 1.23 bits per heavy atom. The maximum atomic E-state index is 10.0. The molecule has 31 heavy (non-hydrogen) atoms. The molecule has 5 nitrogen and oxygen atoms in total. The summed E-state index contributed by atoms with van der Waals surface area (Å²) in [6.45, 7) is 0. The van der Waals surface area contributed by atoms with Crippen molar-refractivity contribution in [3.05, 3.63) is 114 Å². The third-order valence-electron chi connectivity index (χ3n) is 4.04. The summed E-state index contributed by atoms with van der Waals surface area (Å²) in [6.07, 6.45) is 5.22. The Labute approximate surface area is 213 Å². The van der Waals surface area contributed by atoms with Crippen LogP contribution in [-0.2, 0) is 39.0 Å². The van der Waals surface area contributed by atoms with E-state index in [-0.39, 0.29) is 62.5 Å². The van der Waals surface area contributed by atoms with Crippen molar-refractivity contribution >= 4 is 0 Å². The molecule has 0 saturated carbocycles. The average molecular weight is 532 g/mol. The van der Waals surface area contributed by atoms with Crippen LogP contribution in [0.1, 0.15) is 22.3 Å². The zero-order valence-electron chi connectivity index (χ0n) is 16.4. The molecule has 0 saturated heterocycles. The molecule has 3 aromatic carbocycles. The molecular formula is C23H19Cl2N3O2Zr. The van der Waals surface area contributed by atoms with Crippen molar-refractivity contribution in [2.75, 3.05) is 0 Å². The van der Waals surface area contributed by atoms with Gasteiger partial charge in [0, 0.05) is 11.5 Å². The van der Waals surface area contributed by atoms with E-state index in [2.05, 4.69) is 27.7 Å². The smallest absolute Gasteiger partial charge is 1.00 e. The van der Waals surface area contributed by atoms with Gasteiger partial charge in [0.25, 0.3) is 0 Å². The van der Waals surface area contributed by atoms with E-state index in [1.807, 2.05) is 66.7 Å². The van der Waals surface area contributed by atoms with Gasteiger partial charge >= 0.3 is 26.2 Å². The van der Waals surface area contributed by atoms with Crippen LogP contribution in [0.4, 0.5) is 0 Å². The van der Waals surface area contributed by atoms with Crippen LogP contribution >= 0.6 is 0 Å². The first-order valence-electron chi connectivity index (χ1n) is 8.76. The predicted molar refractivity (Wildman–Crippen MR) is 106 cm³/mol. The van der Waals surface area contributed by atoms with E-state index in [0.29, 0.717) is 12.8 Å². The summed E-state index contributed by atoms with van der Waals surface area (Å²) in [5.41, 5.74) is 3.77. The van der Waals surface area contributed by atoms with Crippen molar-refractivity contribution in [3.8, 4) is 11.5 Å². The number of nitrogens with zero attached hydrogens (tertiary/aromatic N) is 3. The van der Waals surface area contributed by atoms with E-state index in [1.54, 1.807) is 6.07 Å². The maximum Gasteiger partial charge on any atom is 4.00 e. The summed E-state index contributed by atoms with van der Waals surface area (Å²) < 4.78 is 0. The molecule has 156 valence electrons. The summed E-state index contributed by atoms with van der Waals surface area (Å²) in [6, 6.07) is 26.0. The molecule has 4 aromatic rings. The second kappa shape index (κ2) is 15.5. The van der Waals surface area contributed by atoms with Crippen LogP contribution in [0.3, 0.4) is 0 Å². The van der Waals surface area contributed by atoms with Crippen molar-refractivity contribution in [3.63, 3.8) is 0 Å². The fourth-order valence-electron chi connectivity index (χ4n) is 2.70. The summed E-state index contributed by atoms with van der Waals surface area (Å²) in [5.74, 6) is 0.0244. The van der Waals surface area contributed by atoms with Crippen LogP contribution < -0.4 is 24.8 Å². The van der Waals surface area contributed by atoms with Crippen LogP contribution in [-0.4, -0.2) is 25.6 Å². The second-order valence-electron chi connectivity index (χ2n) is 6.09. The summed E-state index contributed by atoms with van der Waals surface area (Å²) in [4.78, 5) is 0. The van der Waals surface area contributed by atoms with E-state index < -0.39 is 0 Å². The minimum absolute atomic E-state index is 0. The summed E-state index contributed by atoms with van der Waals surface area (Å²) >= 11 is 0. The summed E-state index contributed by atoms with van der Waals surface area (Å²) in [7, 11) is 0. The molecule has 0 atom stereocenters. The van der Waals surface area contributed by atoms with Gasteiger partial charge in [-0.2, -0.15) is 12.1 Å². The van der Waals surface area contributed by atoms with Crippen molar-refractivity contribution in [2.24, 2.45) is 0 Å². The first kappa shape index (κ1) is 28.7. The molecule has 0 aliphatic heterocycles. The number of aromatic hydroxyl groups is 2. The van der Waals surface area contributed by atoms with E-state index >= 15 is 0 Å². The Kier molecular flexibility index (Phi) is 14.4. The molecule has 0 radical (unpaired) electrons. The Balaban J connectivity index is 0.000000872. The molecule has 0 unspecified atom stereocenters. The third-order valence-corrected chi connectivity index (χ3v) is 4.04. The van der Waals surface area contributed by atoms with E-state index in [0.717, 1.165) is 22.3 Å². The molecule has 0 fully saturated rings. The fourth-order valence-corrected chi connectivity index (χ4v) is 2.70. The molecule has 0 aliphatic carbocycles. The Morgan fingerprint density at radius 1 is 0.742 bits per heavy atom. The first-order chi connectivity index (χ1) is 13.7. The number of phenolic OH excluding ortho intramolecular Hbond substituents is 2. The normalized spacial score (nSPS) is 9.03. The number of halogens is 2. The molecule has 1 heterocycles. The number of benzene rings is 3. The maximum absolute atomic E-state index is 10.0. The SMILES string of the molecule is Oc1[c-]c(O)c(Cc2ccccc2)cc1Cc1ccccc1.[Cl-].[Cl-].[Zr+4].[c-]1ccnnn1. The van der Waals surface area contributed by atoms with Crippen LogP contribution in [0.15, 0.2) is 79.0 Å². The molecule has 1 aromatic heterocycles. The zero-order valence-corrected chi connectivity index (χ0v) is 20.4. The van der Waals surface area contributed by atoms with E-state index in [1.165, 1.54) is 6.20 Å². The molecule has 8 heteroatoms. The Bertz CT molecular complexity index is 906. The number of rotatable bonds is 4. The van der Waals surface area contributed by atoms with E-state index in [4.69, 9.17) is 0 Å². The monoisotopic (exact) mass is 529 g/mol. The first-order valence-corrected chi connectivity index (χ1v) is 8.76. The van der Waals surface area contributed by atoms with Gasteiger partial charge in [0.1, 0.15) is 0 Å². The van der Waals surface area contributed by atoms with Crippen LogP contribution in [0.25, 0.3) is 0 Å². The molecule has 0 amide bonds. The standard InChI is InChI=1S/C20H17O2.C3H2N3.2ClH.Zr/c21-19-14-20(22)18(12-16-9-5-2-6-10-16)13-17(19)11-15-7-3-1-4-8-15;1-2-4-6-5-3-1;;;/h1-10,13,21-22H,11-12H2;1-2H;2*1H;/q2*-1;;;+4/p-2. The van der Waals surface area contributed by atoms with Crippen molar-refractivity contribution < 1.29 is 61.2 Å². The minimum atomic E-state index is 0. The summed E-state index contributed by atoms with van der Waals surface area (Å²) in [5, 5.41) is 30.0. The van der Waals surface area contributed by atoms with Crippen LogP contribution in [0.5, 0.6) is 11.5 Å². The fraction of sp³-hybridized carbons (Fsp3) is 0.0870. The second-order valence-corrected chi connectivity index (χ2v) is 6.09. The van der Waals surface area contributed by atoms with Crippen LogP contribution in [0, 0.1) is 12.3 Å². The van der Waals surface area contributed by atoms with Crippen LogP contribution in [0.2, 0.25) is 0 Å². The molecule has 0 aliphatic rings. The predicted octanol–water partition coefficient (Wildman–Crippen LogP) is -2.24. The van der Waals surface area contributed by atoms with Gasteiger partial charge in [-0.15, -0.1) is 17.3 Å². The van der Waals surface area contributed by atoms with Gasteiger partial charge < -0.3 is 35.0 Å². The van der Waals surface area contributed by atoms with Crippen molar-refractivity contribution in [2.45, 2.75) is 12.8 Å². The minimum Gasteiger partial charge on any atom is -1.00 e. The van der Waals surface area contributed by atoms with Crippen molar-refractivity contribution in [1.82, 2.24) is 15.4 Å². The van der Waals surface area contributed by atoms with Gasteiger partial charge in [-0.05, 0) is 12.8 Å². The molecular weight excluding hydrogens is 512 g/mol. The van der Waals surface area contributed by atoms with Gasteiger partial charge in [-0.3, -0.25) is 0 Å². The number of aromatic nitrogens is 3. The molecule has 0 bridgehead atoms. The average Bonchev–Trinajstić information content (AvgIpc) is 2.75. The van der Waals surface area contributed by atoms with E-state index in [9.17, 15) is 10.2 Å². The third kappa shape index (κ3) is 9.60. The quantitative estimate of drug-likeness (QED) is 0.291. The molecule has 2 N–H and O–H groups in total. The number of hydrogen-bond acceptors (Lipinski definition) is 5. The van der Waals surface area contributed by atoms with Gasteiger partial charge in [-0.1, -0.05) is 89.3 Å². The van der Waals surface area contributed by atoms with Crippen molar-refractivity contribution in [1.29, 1.82) is 0 Å². The van der Waals surface area contributed by atoms with Gasteiger partial charge in [0.2, 0.25) is 0 Å². The van der Waals surface area contributed by atoms with Gasteiger partial charge in [0.05, 0.1) is 0 Å². The van der Waals surface area contributed by atoms with Gasteiger partial charge in [-0.25, -0.2) is 10.2 Å².